The van der Waals surface area contributed by atoms with Gasteiger partial charge in [0.1, 0.15) is 18.3 Å². The Morgan fingerprint density at radius 2 is 1.89 bits per heavy atom. The summed E-state index contributed by atoms with van der Waals surface area (Å²) >= 11 is 0. The third-order valence-corrected chi connectivity index (χ3v) is 2.61. The molecule has 6 N–H and O–H groups in total. The van der Waals surface area contributed by atoms with Crippen molar-refractivity contribution in [2.24, 2.45) is 0 Å². The zero-order chi connectivity index (χ0) is 14.3. The average molecular weight is 287 g/mol. The lowest BCUT2D eigenvalue weighted by molar-refractivity contribution is -0.123. The zero-order valence-electron chi connectivity index (χ0n) is 9.68. The molecule has 0 heterocycles. The predicted octanol–water partition coefficient (Wildman–Crippen LogP) is -3.04. The SMILES string of the molecule is CC(=O)NC(CO)C(O)C(O[PH](=O)O)C(O)CO. The highest BCUT2D eigenvalue weighted by atomic mass is 31.1. The van der Waals surface area contributed by atoms with Crippen LogP contribution in [0.1, 0.15) is 6.92 Å². The lowest BCUT2D eigenvalue weighted by atomic mass is 10.0. The van der Waals surface area contributed by atoms with E-state index in [-0.39, 0.29) is 0 Å². The Bertz CT molecular complexity index is 288. The van der Waals surface area contributed by atoms with Crippen LogP contribution in [0.3, 0.4) is 0 Å². The quantitative estimate of drug-likeness (QED) is 0.257. The Hall–Kier alpha value is -0.540. The molecule has 0 aromatic carbocycles. The molecule has 18 heavy (non-hydrogen) atoms. The van der Waals surface area contributed by atoms with Crippen LogP contribution in [0.15, 0.2) is 0 Å². The molecular formula is C8H18NO8P. The fourth-order valence-electron chi connectivity index (χ4n) is 1.33. The third kappa shape index (κ3) is 5.87. The van der Waals surface area contributed by atoms with Gasteiger partial charge in [0.25, 0.3) is 0 Å². The molecule has 0 aliphatic carbocycles. The van der Waals surface area contributed by atoms with E-state index in [4.69, 9.17) is 15.1 Å². The molecule has 0 bridgehead atoms. The third-order valence-electron chi connectivity index (χ3n) is 2.14. The second kappa shape index (κ2) is 8.54. The number of aliphatic hydroxyl groups excluding tert-OH is 4. The maximum absolute atomic E-state index is 10.8. The molecule has 0 aliphatic heterocycles. The summed E-state index contributed by atoms with van der Waals surface area (Å²) in [6.07, 6.45) is -4.92. The normalized spacial score (nSPS) is 19.7. The van der Waals surface area contributed by atoms with Crippen LogP contribution in [0.25, 0.3) is 0 Å². The van der Waals surface area contributed by atoms with Crippen LogP contribution in [0.2, 0.25) is 0 Å². The standard InChI is InChI=1S/C8H18NO8P/c1-4(12)9-5(2-10)7(14)8(6(13)3-11)17-18(15)16/h5-8,10-11,13-14,18H,2-3H2,1H3,(H,9,12)(H,15,16). The van der Waals surface area contributed by atoms with Gasteiger partial charge in [-0.3, -0.25) is 9.36 Å². The van der Waals surface area contributed by atoms with Crippen molar-refractivity contribution in [3.63, 3.8) is 0 Å². The first-order chi connectivity index (χ1) is 8.33. The van der Waals surface area contributed by atoms with Crippen molar-refractivity contribution in [2.45, 2.75) is 31.3 Å². The molecule has 10 heteroatoms. The van der Waals surface area contributed by atoms with Crippen molar-refractivity contribution in [1.82, 2.24) is 5.32 Å². The van der Waals surface area contributed by atoms with Crippen molar-refractivity contribution in [2.75, 3.05) is 13.2 Å². The zero-order valence-corrected chi connectivity index (χ0v) is 10.7. The minimum absolute atomic E-state index is 0.554. The fourth-order valence-corrected chi connectivity index (χ4v) is 1.85. The van der Waals surface area contributed by atoms with Gasteiger partial charge < -0.3 is 35.2 Å². The van der Waals surface area contributed by atoms with Crippen molar-refractivity contribution in [1.29, 1.82) is 0 Å². The lowest BCUT2D eigenvalue weighted by Gasteiger charge is -2.30. The van der Waals surface area contributed by atoms with Gasteiger partial charge in [-0.25, -0.2) is 0 Å². The largest absolute Gasteiger partial charge is 0.394 e. The van der Waals surface area contributed by atoms with E-state index >= 15 is 0 Å². The molecule has 0 rings (SSSR count). The highest BCUT2D eigenvalue weighted by Gasteiger charge is 2.34. The molecule has 0 saturated carbocycles. The number of hydrogen-bond donors (Lipinski definition) is 6. The first-order valence-electron chi connectivity index (χ1n) is 5.08. The van der Waals surface area contributed by atoms with Gasteiger partial charge in [0, 0.05) is 6.92 Å². The number of amides is 1. The Balaban J connectivity index is 4.83. The van der Waals surface area contributed by atoms with E-state index in [0.29, 0.717) is 0 Å². The monoisotopic (exact) mass is 287 g/mol. The van der Waals surface area contributed by atoms with Gasteiger partial charge in [0.15, 0.2) is 0 Å². The van der Waals surface area contributed by atoms with E-state index < -0.39 is 51.7 Å². The highest BCUT2D eigenvalue weighted by Crippen LogP contribution is 2.23. The highest BCUT2D eigenvalue weighted by molar-refractivity contribution is 7.32. The summed E-state index contributed by atoms with van der Waals surface area (Å²) in [5, 5.41) is 39.0. The van der Waals surface area contributed by atoms with Gasteiger partial charge in [-0.1, -0.05) is 0 Å². The molecule has 0 aromatic heterocycles. The van der Waals surface area contributed by atoms with Crippen molar-refractivity contribution >= 4 is 14.2 Å². The van der Waals surface area contributed by atoms with E-state index in [2.05, 4.69) is 9.84 Å². The fraction of sp³-hybridized carbons (Fsp3) is 0.875. The first kappa shape index (κ1) is 17.5. The topological polar surface area (TPSA) is 157 Å². The Morgan fingerprint density at radius 1 is 1.33 bits per heavy atom. The van der Waals surface area contributed by atoms with Crippen LogP contribution >= 0.6 is 8.25 Å². The van der Waals surface area contributed by atoms with E-state index in [1.54, 1.807) is 0 Å². The van der Waals surface area contributed by atoms with Crippen LogP contribution in [0.4, 0.5) is 0 Å². The first-order valence-corrected chi connectivity index (χ1v) is 6.34. The molecule has 0 aliphatic rings. The number of hydrogen-bond acceptors (Lipinski definition) is 7. The molecule has 0 fully saturated rings. The van der Waals surface area contributed by atoms with Crippen LogP contribution < -0.4 is 5.32 Å². The van der Waals surface area contributed by atoms with Gasteiger partial charge in [0.05, 0.1) is 19.3 Å². The summed E-state index contributed by atoms with van der Waals surface area (Å²) in [5.74, 6) is -0.554. The average Bonchev–Trinajstić information content (AvgIpc) is 2.30. The summed E-state index contributed by atoms with van der Waals surface area (Å²) in [4.78, 5) is 19.4. The smallest absolute Gasteiger partial charge is 0.317 e. The summed E-state index contributed by atoms with van der Waals surface area (Å²) in [6.45, 7) is -0.358. The minimum atomic E-state index is -3.48. The molecule has 9 nitrogen and oxygen atoms in total. The van der Waals surface area contributed by atoms with E-state index in [0.717, 1.165) is 6.92 Å². The van der Waals surface area contributed by atoms with E-state index in [1.807, 2.05) is 0 Å². The van der Waals surface area contributed by atoms with Gasteiger partial charge in [0.2, 0.25) is 5.91 Å². The second-order valence-electron chi connectivity index (χ2n) is 3.58. The van der Waals surface area contributed by atoms with Crippen LogP contribution in [0.5, 0.6) is 0 Å². The molecule has 1 amide bonds. The second-order valence-corrected chi connectivity index (χ2v) is 4.35. The summed E-state index contributed by atoms with van der Waals surface area (Å²) in [6, 6.07) is -1.20. The van der Waals surface area contributed by atoms with Gasteiger partial charge >= 0.3 is 8.25 Å². The number of aliphatic hydroxyl groups is 4. The molecular weight excluding hydrogens is 269 g/mol. The maximum atomic E-state index is 10.8. The molecule has 108 valence electrons. The van der Waals surface area contributed by atoms with Crippen LogP contribution in [-0.4, -0.2) is 68.8 Å². The Morgan fingerprint density at radius 3 is 2.22 bits per heavy atom. The number of rotatable bonds is 8. The van der Waals surface area contributed by atoms with Crippen LogP contribution in [-0.2, 0) is 13.9 Å². The number of carbonyl (C=O) groups excluding carboxylic acids is 1. The Kier molecular flexibility index (Phi) is 8.29. The van der Waals surface area contributed by atoms with Crippen molar-refractivity contribution < 1.29 is 39.2 Å². The number of nitrogens with one attached hydrogen (secondary N) is 1. The van der Waals surface area contributed by atoms with Gasteiger partial charge in [-0.15, -0.1) is 0 Å². The van der Waals surface area contributed by atoms with Crippen molar-refractivity contribution in [3.8, 4) is 0 Å². The lowest BCUT2D eigenvalue weighted by Crippen LogP contribution is -2.54. The summed E-state index contributed by atoms with van der Waals surface area (Å²) in [7, 11) is -3.48. The predicted molar refractivity (Wildman–Crippen MR) is 59.9 cm³/mol. The number of carbonyl (C=O) groups is 1. The molecule has 5 unspecified atom stereocenters. The van der Waals surface area contributed by atoms with Crippen LogP contribution in [0, 0.1) is 0 Å². The van der Waals surface area contributed by atoms with E-state index in [9.17, 15) is 19.6 Å². The Labute approximate surface area is 104 Å². The molecule has 0 aromatic rings. The van der Waals surface area contributed by atoms with Gasteiger partial charge in [-0.2, -0.15) is 0 Å². The minimum Gasteiger partial charge on any atom is -0.394 e. The molecule has 0 saturated heterocycles. The maximum Gasteiger partial charge on any atom is 0.317 e. The summed E-state index contributed by atoms with van der Waals surface area (Å²) in [5.41, 5.74) is 0. The molecule has 0 spiro atoms. The van der Waals surface area contributed by atoms with Gasteiger partial charge in [-0.05, 0) is 0 Å². The molecule has 0 radical (unpaired) electrons. The van der Waals surface area contributed by atoms with Crippen molar-refractivity contribution in [3.05, 3.63) is 0 Å². The molecule has 5 atom stereocenters. The van der Waals surface area contributed by atoms with E-state index in [1.165, 1.54) is 0 Å². The summed E-state index contributed by atoms with van der Waals surface area (Å²) < 4.78 is 15.0.